The molecule has 5 rings (SSSR count). The largest absolute Gasteiger partial charge is 0.489 e. The molecule has 196 valence electrons. The van der Waals surface area contributed by atoms with Crippen molar-refractivity contribution in [3.05, 3.63) is 53.3 Å². The third kappa shape index (κ3) is 4.34. The number of ether oxygens (including phenoxy) is 1. The fourth-order valence-corrected chi connectivity index (χ4v) is 5.91. The van der Waals surface area contributed by atoms with Crippen molar-refractivity contribution in [3.63, 3.8) is 0 Å². The van der Waals surface area contributed by atoms with Gasteiger partial charge in [-0.25, -0.2) is 9.37 Å². The SMILES string of the molecule is C=CC(=O)N1CCN2C(=O)c3c(N4CC(NC)CC4(C)C)nc(-c4ccccc4F)c(Cl)c3OC[C@H]2C1. The lowest BCUT2D eigenvalue weighted by Crippen LogP contribution is -2.57. The first-order valence-corrected chi connectivity index (χ1v) is 12.8. The van der Waals surface area contributed by atoms with Crippen molar-refractivity contribution in [2.75, 3.05) is 44.7 Å². The molecule has 4 heterocycles. The minimum absolute atomic E-state index is 0.0956. The Labute approximate surface area is 221 Å². The van der Waals surface area contributed by atoms with Gasteiger partial charge in [0.1, 0.15) is 28.8 Å². The molecule has 2 fully saturated rings. The lowest BCUT2D eigenvalue weighted by molar-refractivity contribution is -0.128. The van der Waals surface area contributed by atoms with Gasteiger partial charge in [0.15, 0.2) is 5.75 Å². The van der Waals surface area contributed by atoms with Gasteiger partial charge in [-0.15, -0.1) is 0 Å². The van der Waals surface area contributed by atoms with Crippen LogP contribution in [0.1, 0.15) is 30.6 Å². The summed E-state index contributed by atoms with van der Waals surface area (Å²) in [6.45, 7) is 9.58. The normalized spacial score (nSPS) is 22.7. The Balaban J connectivity index is 1.67. The van der Waals surface area contributed by atoms with Crippen molar-refractivity contribution in [2.45, 2.75) is 37.9 Å². The molecular formula is C27H31ClFN5O3. The van der Waals surface area contributed by atoms with Crippen molar-refractivity contribution in [1.29, 1.82) is 0 Å². The topological polar surface area (TPSA) is 78.0 Å². The van der Waals surface area contributed by atoms with E-state index in [0.29, 0.717) is 32.0 Å². The highest BCUT2D eigenvalue weighted by Gasteiger charge is 2.45. The number of nitrogens with one attached hydrogen (secondary N) is 1. The van der Waals surface area contributed by atoms with E-state index in [-0.39, 0.29) is 63.6 Å². The number of fused-ring (bicyclic) bond motifs is 2. The Hall–Kier alpha value is -3.17. The van der Waals surface area contributed by atoms with Crippen molar-refractivity contribution in [1.82, 2.24) is 20.1 Å². The Morgan fingerprint density at radius 3 is 2.73 bits per heavy atom. The molecule has 1 unspecified atom stereocenters. The standard InChI is InChI=1S/C27H31ClFN5O3/c1-5-20(35)32-10-11-33-17(14-32)15-37-24-21(26(33)36)25(34-13-16(30-4)12-27(34,2)3)31-23(22(24)28)18-8-6-7-9-19(18)29/h5-9,16-17,30H,1,10-15H2,2-4H3/t16?,17-/m1/s1. The first kappa shape index (κ1) is 25.5. The van der Waals surface area contributed by atoms with Crippen LogP contribution in [0.15, 0.2) is 36.9 Å². The van der Waals surface area contributed by atoms with Crippen LogP contribution in [-0.2, 0) is 4.79 Å². The number of piperazine rings is 1. The smallest absolute Gasteiger partial charge is 0.261 e. The van der Waals surface area contributed by atoms with E-state index >= 15 is 0 Å². The second-order valence-electron chi connectivity index (χ2n) is 10.3. The molecule has 3 aliphatic rings. The van der Waals surface area contributed by atoms with Crippen LogP contribution in [0.5, 0.6) is 5.75 Å². The van der Waals surface area contributed by atoms with E-state index in [2.05, 4.69) is 30.6 Å². The molecule has 0 saturated carbocycles. The average molecular weight is 528 g/mol. The van der Waals surface area contributed by atoms with E-state index in [1.165, 1.54) is 12.1 Å². The third-order valence-corrected chi connectivity index (χ3v) is 7.96. The first-order chi connectivity index (χ1) is 17.7. The van der Waals surface area contributed by atoms with E-state index in [4.69, 9.17) is 21.3 Å². The van der Waals surface area contributed by atoms with Crippen LogP contribution in [0.25, 0.3) is 11.3 Å². The van der Waals surface area contributed by atoms with E-state index in [0.717, 1.165) is 6.42 Å². The molecule has 2 aromatic rings. The molecule has 0 aliphatic carbocycles. The monoisotopic (exact) mass is 527 g/mol. The summed E-state index contributed by atoms with van der Waals surface area (Å²) in [5.74, 6) is -0.276. The second-order valence-corrected chi connectivity index (χ2v) is 10.7. The highest BCUT2D eigenvalue weighted by Crippen LogP contribution is 2.46. The number of rotatable bonds is 4. The van der Waals surface area contributed by atoms with Crippen LogP contribution in [0.3, 0.4) is 0 Å². The summed E-state index contributed by atoms with van der Waals surface area (Å²) >= 11 is 6.84. The number of amides is 2. The van der Waals surface area contributed by atoms with Crippen molar-refractivity contribution in [3.8, 4) is 17.0 Å². The van der Waals surface area contributed by atoms with Crippen LogP contribution < -0.4 is 15.0 Å². The molecule has 3 aliphatic heterocycles. The minimum Gasteiger partial charge on any atom is -0.489 e. The maximum absolute atomic E-state index is 14.9. The fourth-order valence-electron chi connectivity index (χ4n) is 5.61. The number of pyridine rings is 1. The molecule has 0 radical (unpaired) electrons. The minimum atomic E-state index is -0.465. The highest BCUT2D eigenvalue weighted by atomic mass is 35.5. The van der Waals surface area contributed by atoms with Crippen LogP contribution in [0.4, 0.5) is 10.2 Å². The lowest BCUT2D eigenvalue weighted by atomic mass is 9.99. The number of benzene rings is 1. The number of hydrogen-bond donors (Lipinski definition) is 1. The summed E-state index contributed by atoms with van der Waals surface area (Å²) in [5, 5.41) is 3.42. The molecule has 1 aromatic heterocycles. The van der Waals surface area contributed by atoms with E-state index < -0.39 is 5.82 Å². The van der Waals surface area contributed by atoms with Gasteiger partial charge in [0, 0.05) is 43.3 Å². The Morgan fingerprint density at radius 2 is 2.05 bits per heavy atom. The maximum Gasteiger partial charge on any atom is 0.261 e. The van der Waals surface area contributed by atoms with Crippen LogP contribution in [0.2, 0.25) is 5.02 Å². The quantitative estimate of drug-likeness (QED) is 0.614. The van der Waals surface area contributed by atoms with Gasteiger partial charge in [-0.3, -0.25) is 9.59 Å². The zero-order chi connectivity index (χ0) is 26.5. The number of nitrogens with zero attached hydrogens (tertiary/aromatic N) is 4. The average Bonchev–Trinajstić information content (AvgIpc) is 3.12. The first-order valence-electron chi connectivity index (χ1n) is 12.4. The van der Waals surface area contributed by atoms with Gasteiger partial charge in [0.25, 0.3) is 5.91 Å². The number of likely N-dealkylation sites (N-methyl/N-ethyl adjacent to an activating group) is 1. The molecule has 8 nitrogen and oxygen atoms in total. The molecule has 2 atom stereocenters. The van der Waals surface area contributed by atoms with Gasteiger partial charge in [0.05, 0.1) is 11.7 Å². The summed E-state index contributed by atoms with van der Waals surface area (Å²) < 4.78 is 21.2. The summed E-state index contributed by atoms with van der Waals surface area (Å²) in [4.78, 5) is 36.7. The Kier molecular flexibility index (Phi) is 6.62. The van der Waals surface area contributed by atoms with E-state index in [9.17, 15) is 14.0 Å². The molecule has 2 amide bonds. The van der Waals surface area contributed by atoms with Gasteiger partial charge in [-0.1, -0.05) is 30.3 Å². The summed E-state index contributed by atoms with van der Waals surface area (Å²) in [7, 11) is 1.91. The molecule has 0 bridgehead atoms. The molecular weight excluding hydrogens is 497 g/mol. The van der Waals surface area contributed by atoms with Gasteiger partial charge < -0.3 is 24.8 Å². The molecule has 10 heteroatoms. The Bertz CT molecular complexity index is 1270. The van der Waals surface area contributed by atoms with Gasteiger partial charge in [0.2, 0.25) is 5.91 Å². The second kappa shape index (κ2) is 9.61. The summed E-state index contributed by atoms with van der Waals surface area (Å²) in [5.41, 5.74) is 0.407. The van der Waals surface area contributed by atoms with Crippen LogP contribution >= 0.6 is 11.6 Å². The molecule has 37 heavy (non-hydrogen) atoms. The number of hydrogen-bond acceptors (Lipinski definition) is 6. The van der Waals surface area contributed by atoms with Crippen LogP contribution in [0, 0.1) is 5.82 Å². The van der Waals surface area contributed by atoms with Crippen molar-refractivity contribution < 1.29 is 18.7 Å². The molecule has 0 spiro atoms. The summed E-state index contributed by atoms with van der Waals surface area (Å²) in [6, 6.07) is 6.11. The van der Waals surface area contributed by atoms with Crippen LogP contribution in [-0.4, -0.2) is 84.1 Å². The molecule has 2 saturated heterocycles. The molecule has 1 aromatic carbocycles. The molecule has 1 N–H and O–H groups in total. The van der Waals surface area contributed by atoms with Gasteiger partial charge in [-0.2, -0.15) is 0 Å². The highest BCUT2D eigenvalue weighted by molar-refractivity contribution is 6.35. The number of aromatic nitrogens is 1. The number of anilines is 1. The van der Waals surface area contributed by atoms with Gasteiger partial charge in [-0.05, 0) is 45.5 Å². The number of carbonyl (C=O) groups excluding carboxylic acids is 2. The zero-order valence-electron chi connectivity index (χ0n) is 21.3. The lowest BCUT2D eigenvalue weighted by Gasteiger charge is -2.40. The van der Waals surface area contributed by atoms with Crippen molar-refractivity contribution in [2.24, 2.45) is 0 Å². The fraction of sp³-hybridized carbons (Fsp3) is 0.444. The Morgan fingerprint density at radius 1 is 1.30 bits per heavy atom. The number of carbonyl (C=O) groups is 2. The van der Waals surface area contributed by atoms with Crippen molar-refractivity contribution >= 4 is 29.2 Å². The predicted octanol–water partition coefficient (Wildman–Crippen LogP) is 3.35. The maximum atomic E-state index is 14.9. The predicted molar refractivity (Wildman–Crippen MR) is 141 cm³/mol. The van der Waals surface area contributed by atoms with E-state index in [1.807, 2.05) is 7.05 Å². The zero-order valence-corrected chi connectivity index (χ0v) is 22.0. The summed E-state index contributed by atoms with van der Waals surface area (Å²) in [6.07, 6.45) is 2.11. The third-order valence-electron chi connectivity index (χ3n) is 7.61. The van der Waals surface area contributed by atoms with Gasteiger partial charge >= 0.3 is 0 Å². The number of halogens is 2. The van der Waals surface area contributed by atoms with E-state index in [1.54, 1.807) is 28.0 Å².